The second-order valence-electron chi connectivity index (χ2n) is 9.01. The monoisotopic (exact) mass is 446 g/mol. The molecule has 2 aromatic carbocycles. The molecule has 8 heteroatoms. The number of benzene rings is 2. The summed E-state index contributed by atoms with van der Waals surface area (Å²) < 4.78 is 1.84. The maximum atomic E-state index is 4.88. The van der Waals surface area contributed by atoms with E-state index in [9.17, 15) is 0 Å². The van der Waals surface area contributed by atoms with Crippen molar-refractivity contribution in [1.82, 2.24) is 39.8 Å². The molecule has 0 atom stereocenters. The minimum atomic E-state index is 0.578. The summed E-state index contributed by atoms with van der Waals surface area (Å²) in [6, 6.07) is 16.7. The molecule has 0 aliphatic carbocycles. The van der Waals surface area contributed by atoms with Crippen LogP contribution < -0.4 is 0 Å². The predicted molar refractivity (Wildman–Crippen MR) is 131 cm³/mol. The molecular weight excluding hydrogens is 424 g/mol. The van der Waals surface area contributed by atoms with Crippen LogP contribution in [0.25, 0.3) is 44.4 Å². The van der Waals surface area contributed by atoms with E-state index in [4.69, 9.17) is 4.98 Å². The van der Waals surface area contributed by atoms with Gasteiger partial charge in [0, 0.05) is 53.3 Å². The Hall–Kier alpha value is -4.17. The first-order valence-corrected chi connectivity index (χ1v) is 11.4. The van der Waals surface area contributed by atoms with Crippen molar-refractivity contribution in [1.29, 1.82) is 0 Å². The summed E-state index contributed by atoms with van der Waals surface area (Å²) in [7, 11) is 2.17. The molecule has 5 heterocycles. The maximum absolute atomic E-state index is 4.88. The topological polar surface area (TPSA) is 88.4 Å². The van der Waals surface area contributed by atoms with E-state index in [0.29, 0.717) is 17.9 Å². The zero-order valence-electron chi connectivity index (χ0n) is 18.7. The summed E-state index contributed by atoms with van der Waals surface area (Å²) in [6.07, 6.45) is 4.62. The average Bonchev–Trinajstić information content (AvgIpc) is 3.44. The standard InChI is InChI=1S/C26H22N8/c1-33-10-8-23-20(15-33)19-12-18(5-7-22(19)29-23)25-28-13-24-26(30-25)34(32-31-24)14-16-4-6-21-17(11-16)3-2-9-27-21/h2-7,9,11-13,29H,8,10,14-15H2,1H3. The van der Waals surface area contributed by atoms with Crippen molar-refractivity contribution in [2.75, 3.05) is 13.6 Å². The van der Waals surface area contributed by atoms with Crippen LogP contribution in [-0.2, 0) is 19.5 Å². The van der Waals surface area contributed by atoms with Crippen molar-refractivity contribution in [2.45, 2.75) is 19.5 Å². The molecule has 0 saturated heterocycles. The first kappa shape index (κ1) is 19.3. The second kappa shape index (κ2) is 7.43. The lowest BCUT2D eigenvalue weighted by Gasteiger charge is -2.22. The summed E-state index contributed by atoms with van der Waals surface area (Å²) >= 11 is 0. The molecule has 0 fully saturated rings. The van der Waals surface area contributed by atoms with Crippen molar-refractivity contribution < 1.29 is 0 Å². The zero-order valence-corrected chi connectivity index (χ0v) is 18.7. The fraction of sp³-hybridized carbons (Fsp3) is 0.192. The third-order valence-corrected chi connectivity index (χ3v) is 6.68. The number of aromatic nitrogens is 7. The number of hydrogen-bond acceptors (Lipinski definition) is 6. The Kier molecular flexibility index (Phi) is 4.22. The van der Waals surface area contributed by atoms with Gasteiger partial charge in [0.2, 0.25) is 0 Å². The SMILES string of the molecule is CN1CCc2[nH]c3ccc(-c4ncc5nnn(Cc6ccc7ncccc7c6)c5n4)cc3c2C1. The number of nitrogens with zero attached hydrogens (tertiary/aromatic N) is 7. The summed E-state index contributed by atoms with van der Waals surface area (Å²) in [4.78, 5) is 19.8. The first-order valence-electron chi connectivity index (χ1n) is 11.4. The van der Waals surface area contributed by atoms with Gasteiger partial charge in [-0.15, -0.1) is 5.10 Å². The van der Waals surface area contributed by atoms with Crippen LogP contribution in [0, 0.1) is 0 Å². The number of H-pyrrole nitrogens is 1. The summed E-state index contributed by atoms with van der Waals surface area (Å²) in [6.45, 7) is 2.61. The van der Waals surface area contributed by atoms with Crippen molar-refractivity contribution in [2.24, 2.45) is 0 Å². The number of aromatic amines is 1. The van der Waals surface area contributed by atoms with Crippen molar-refractivity contribution in [3.05, 3.63) is 77.7 Å². The minimum absolute atomic E-state index is 0.578. The van der Waals surface area contributed by atoms with Crippen LogP contribution in [0.4, 0.5) is 0 Å². The lowest BCUT2D eigenvalue weighted by molar-refractivity contribution is 0.313. The van der Waals surface area contributed by atoms with Gasteiger partial charge < -0.3 is 9.88 Å². The Morgan fingerprint density at radius 1 is 1.03 bits per heavy atom. The number of nitrogens with one attached hydrogen (secondary N) is 1. The molecule has 0 spiro atoms. The molecule has 7 rings (SSSR count). The molecule has 0 amide bonds. The predicted octanol–water partition coefficient (Wildman–Crippen LogP) is 3.95. The molecule has 8 nitrogen and oxygen atoms in total. The molecule has 1 aliphatic heterocycles. The third-order valence-electron chi connectivity index (χ3n) is 6.68. The van der Waals surface area contributed by atoms with Gasteiger partial charge in [-0.1, -0.05) is 17.3 Å². The number of fused-ring (bicyclic) bond motifs is 5. The van der Waals surface area contributed by atoms with E-state index in [1.165, 1.54) is 22.2 Å². The Morgan fingerprint density at radius 3 is 2.97 bits per heavy atom. The quantitative estimate of drug-likeness (QED) is 0.443. The third kappa shape index (κ3) is 3.14. The van der Waals surface area contributed by atoms with Crippen LogP contribution in [0.15, 0.2) is 60.9 Å². The molecule has 166 valence electrons. The molecule has 4 aromatic heterocycles. The largest absolute Gasteiger partial charge is 0.358 e. The van der Waals surface area contributed by atoms with E-state index >= 15 is 0 Å². The van der Waals surface area contributed by atoms with Crippen molar-refractivity contribution >= 4 is 33.0 Å². The molecule has 0 bridgehead atoms. The van der Waals surface area contributed by atoms with Crippen LogP contribution in [0.3, 0.4) is 0 Å². The van der Waals surface area contributed by atoms with Crippen LogP contribution in [0.1, 0.15) is 16.8 Å². The smallest absolute Gasteiger partial charge is 0.182 e. The van der Waals surface area contributed by atoms with Gasteiger partial charge in [0.25, 0.3) is 0 Å². The lowest BCUT2D eigenvalue weighted by atomic mass is 10.0. The second-order valence-corrected chi connectivity index (χ2v) is 9.01. The van der Waals surface area contributed by atoms with Gasteiger partial charge in [-0.05, 0) is 54.6 Å². The highest BCUT2D eigenvalue weighted by atomic mass is 15.4. The summed E-state index contributed by atoms with van der Waals surface area (Å²) in [5, 5.41) is 11.0. The average molecular weight is 447 g/mol. The van der Waals surface area contributed by atoms with E-state index in [-0.39, 0.29) is 0 Å². The minimum Gasteiger partial charge on any atom is -0.358 e. The Bertz CT molecular complexity index is 1700. The van der Waals surface area contributed by atoms with E-state index in [1.807, 2.05) is 23.0 Å². The van der Waals surface area contributed by atoms with Gasteiger partial charge in [-0.3, -0.25) is 4.98 Å². The van der Waals surface area contributed by atoms with Gasteiger partial charge in [-0.2, -0.15) is 0 Å². The van der Waals surface area contributed by atoms with Gasteiger partial charge in [0.05, 0.1) is 18.3 Å². The summed E-state index contributed by atoms with van der Waals surface area (Å²) in [5.74, 6) is 0.680. The van der Waals surface area contributed by atoms with E-state index in [2.05, 4.69) is 73.6 Å². The Balaban J connectivity index is 1.28. The van der Waals surface area contributed by atoms with E-state index in [0.717, 1.165) is 47.2 Å². The molecular formula is C26H22N8. The number of pyridine rings is 1. The highest BCUT2D eigenvalue weighted by molar-refractivity contribution is 5.89. The zero-order chi connectivity index (χ0) is 22.6. The molecule has 6 aromatic rings. The van der Waals surface area contributed by atoms with Gasteiger partial charge in [0.15, 0.2) is 17.0 Å². The molecule has 0 saturated carbocycles. The van der Waals surface area contributed by atoms with Gasteiger partial charge in [0.1, 0.15) is 0 Å². The van der Waals surface area contributed by atoms with E-state index in [1.54, 1.807) is 6.20 Å². The van der Waals surface area contributed by atoms with Crippen LogP contribution >= 0.6 is 0 Å². The van der Waals surface area contributed by atoms with Gasteiger partial charge >= 0.3 is 0 Å². The molecule has 1 N–H and O–H groups in total. The Morgan fingerprint density at radius 2 is 2.00 bits per heavy atom. The van der Waals surface area contributed by atoms with Crippen molar-refractivity contribution in [3.8, 4) is 11.4 Å². The Labute approximate surface area is 195 Å². The summed E-state index contributed by atoms with van der Waals surface area (Å²) in [5.41, 5.74) is 8.40. The maximum Gasteiger partial charge on any atom is 0.182 e. The normalized spacial score (nSPS) is 14.3. The highest BCUT2D eigenvalue weighted by Gasteiger charge is 2.19. The molecule has 34 heavy (non-hydrogen) atoms. The molecule has 0 unspecified atom stereocenters. The lowest BCUT2D eigenvalue weighted by Crippen LogP contribution is -2.25. The molecule has 0 radical (unpaired) electrons. The fourth-order valence-electron chi connectivity index (χ4n) is 4.90. The number of likely N-dealkylation sites (N-methyl/N-ethyl adjacent to an activating group) is 1. The van der Waals surface area contributed by atoms with Crippen LogP contribution in [0.2, 0.25) is 0 Å². The number of rotatable bonds is 3. The first-order chi connectivity index (χ1) is 16.7. The van der Waals surface area contributed by atoms with Crippen molar-refractivity contribution in [3.63, 3.8) is 0 Å². The fourth-order valence-corrected chi connectivity index (χ4v) is 4.90. The number of hydrogen-bond donors (Lipinski definition) is 1. The highest BCUT2D eigenvalue weighted by Crippen LogP contribution is 2.30. The van der Waals surface area contributed by atoms with Crippen LogP contribution in [-0.4, -0.2) is 53.4 Å². The van der Waals surface area contributed by atoms with Gasteiger partial charge in [-0.25, -0.2) is 14.6 Å². The molecule has 1 aliphatic rings. The van der Waals surface area contributed by atoms with E-state index < -0.39 is 0 Å². The van der Waals surface area contributed by atoms with Crippen LogP contribution in [0.5, 0.6) is 0 Å².